The molecule has 156 valence electrons. The lowest BCUT2D eigenvalue weighted by atomic mass is 9.96. The van der Waals surface area contributed by atoms with E-state index < -0.39 is 0 Å². The van der Waals surface area contributed by atoms with E-state index in [1.54, 1.807) is 32.1 Å². The van der Waals surface area contributed by atoms with Gasteiger partial charge in [0.15, 0.2) is 11.5 Å². The summed E-state index contributed by atoms with van der Waals surface area (Å²) in [6.07, 6.45) is 3.81. The first-order chi connectivity index (χ1) is 14.0. The molecule has 1 saturated heterocycles. The molecule has 0 radical (unpaired) electrons. The summed E-state index contributed by atoms with van der Waals surface area (Å²) in [6.45, 7) is 3.40. The average Bonchev–Trinajstić information content (AvgIpc) is 3.18. The minimum Gasteiger partial charge on any atom is -0.493 e. The Balaban J connectivity index is 1.51. The molecule has 0 aliphatic carbocycles. The topological polar surface area (TPSA) is 81.0 Å². The third-order valence-corrected chi connectivity index (χ3v) is 5.33. The number of piperidine rings is 1. The molecule has 2 amide bonds. The first-order valence-electron chi connectivity index (χ1n) is 9.85. The van der Waals surface area contributed by atoms with Crippen LogP contribution in [-0.4, -0.2) is 50.6 Å². The highest BCUT2D eigenvalue weighted by Gasteiger charge is 2.29. The molecule has 0 saturated carbocycles. The van der Waals surface area contributed by atoms with Crippen LogP contribution in [0.4, 0.5) is 0 Å². The van der Waals surface area contributed by atoms with Gasteiger partial charge in [0, 0.05) is 19.6 Å². The minimum absolute atomic E-state index is 0.00751. The predicted molar refractivity (Wildman–Crippen MR) is 108 cm³/mol. The Labute approximate surface area is 171 Å². The minimum atomic E-state index is -0.190. The number of likely N-dealkylation sites (tertiary alicyclic amines) is 1. The number of methoxy groups -OCH3 is 2. The lowest BCUT2D eigenvalue weighted by Crippen LogP contribution is -2.45. The van der Waals surface area contributed by atoms with Crippen LogP contribution >= 0.6 is 0 Å². The van der Waals surface area contributed by atoms with Gasteiger partial charge in [-0.2, -0.15) is 0 Å². The van der Waals surface area contributed by atoms with Gasteiger partial charge in [0.1, 0.15) is 5.76 Å². The van der Waals surface area contributed by atoms with Gasteiger partial charge >= 0.3 is 0 Å². The number of hydrogen-bond acceptors (Lipinski definition) is 5. The number of nitrogens with zero attached hydrogens (tertiary/aromatic N) is 1. The average molecular weight is 400 g/mol. The van der Waals surface area contributed by atoms with Crippen molar-refractivity contribution in [2.45, 2.75) is 26.2 Å². The zero-order chi connectivity index (χ0) is 20.8. The van der Waals surface area contributed by atoms with Crippen LogP contribution in [0, 0.1) is 12.8 Å². The number of rotatable bonds is 7. The van der Waals surface area contributed by atoms with Crippen molar-refractivity contribution in [2.24, 2.45) is 5.92 Å². The lowest BCUT2D eigenvalue weighted by Gasteiger charge is -2.32. The van der Waals surface area contributed by atoms with Crippen molar-refractivity contribution < 1.29 is 23.5 Å². The molecule has 7 nitrogen and oxygen atoms in total. The number of carbonyl (C=O) groups is 2. The largest absolute Gasteiger partial charge is 0.493 e. The number of hydrogen-bond donors (Lipinski definition) is 1. The molecule has 1 fully saturated rings. The van der Waals surface area contributed by atoms with Gasteiger partial charge < -0.3 is 24.1 Å². The first-order valence-corrected chi connectivity index (χ1v) is 9.85. The molecule has 1 aromatic heterocycles. The molecule has 1 aliphatic rings. The van der Waals surface area contributed by atoms with Gasteiger partial charge in [0.25, 0.3) is 5.91 Å². The fraction of sp³-hybridized carbons (Fsp3) is 0.455. The van der Waals surface area contributed by atoms with Crippen LogP contribution in [0.3, 0.4) is 0 Å². The predicted octanol–water partition coefficient (Wildman–Crippen LogP) is 2.82. The molecule has 1 N–H and O–H groups in total. The first kappa shape index (κ1) is 20.8. The maximum absolute atomic E-state index is 12.7. The van der Waals surface area contributed by atoms with Crippen molar-refractivity contribution in [1.29, 1.82) is 0 Å². The quantitative estimate of drug-likeness (QED) is 0.773. The molecular weight excluding hydrogens is 372 g/mol. The Morgan fingerprint density at radius 1 is 1.21 bits per heavy atom. The Hall–Kier alpha value is -2.96. The molecule has 1 aliphatic heterocycles. The molecule has 0 spiro atoms. The SMILES string of the molecule is COc1ccc(CCNC(=O)[C@@H]2CCCN(C(=O)c3ccoc3C)C2)cc1OC. The maximum Gasteiger partial charge on any atom is 0.257 e. The number of ether oxygens (including phenoxy) is 2. The number of carbonyl (C=O) groups excluding carboxylic acids is 2. The second-order valence-corrected chi connectivity index (χ2v) is 7.21. The van der Waals surface area contributed by atoms with Crippen LogP contribution in [0.15, 0.2) is 34.9 Å². The highest BCUT2D eigenvalue weighted by Crippen LogP contribution is 2.27. The summed E-state index contributed by atoms with van der Waals surface area (Å²) in [5.41, 5.74) is 1.62. The van der Waals surface area contributed by atoms with E-state index >= 15 is 0 Å². The van der Waals surface area contributed by atoms with E-state index in [0.717, 1.165) is 18.4 Å². The van der Waals surface area contributed by atoms with E-state index in [2.05, 4.69) is 5.32 Å². The molecule has 7 heteroatoms. The highest BCUT2D eigenvalue weighted by molar-refractivity contribution is 5.95. The zero-order valence-electron chi connectivity index (χ0n) is 17.2. The smallest absolute Gasteiger partial charge is 0.257 e. The van der Waals surface area contributed by atoms with Gasteiger partial charge in [-0.1, -0.05) is 6.07 Å². The van der Waals surface area contributed by atoms with Crippen molar-refractivity contribution in [3.05, 3.63) is 47.4 Å². The number of amides is 2. The molecule has 2 heterocycles. The maximum atomic E-state index is 12.7. The van der Waals surface area contributed by atoms with Gasteiger partial charge in [0.2, 0.25) is 5.91 Å². The molecular formula is C22H28N2O5. The Bertz CT molecular complexity index is 861. The van der Waals surface area contributed by atoms with Crippen LogP contribution in [0.5, 0.6) is 11.5 Å². The number of furan rings is 1. The van der Waals surface area contributed by atoms with Crippen molar-refractivity contribution in [3.63, 3.8) is 0 Å². The lowest BCUT2D eigenvalue weighted by molar-refractivity contribution is -0.126. The number of benzene rings is 1. The van der Waals surface area contributed by atoms with E-state index in [9.17, 15) is 9.59 Å². The Morgan fingerprint density at radius 2 is 2.00 bits per heavy atom. The van der Waals surface area contributed by atoms with Crippen LogP contribution in [-0.2, 0) is 11.2 Å². The van der Waals surface area contributed by atoms with Crippen LogP contribution in [0.2, 0.25) is 0 Å². The van der Waals surface area contributed by atoms with Crippen LogP contribution in [0.25, 0.3) is 0 Å². The van der Waals surface area contributed by atoms with Gasteiger partial charge in [-0.25, -0.2) is 0 Å². The van der Waals surface area contributed by atoms with E-state index in [-0.39, 0.29) is 17.7 Å². The number of nitrogens with one attached hydrogen (secondary N) is 1. The monoisotopic (exact) mass is 400 g/mol. The summed E-state index contributed by atoms with van der Waals surface area (Å²) >= 11 is 0. The zero-order valence-corrected chi connectivity index (χ0v) is 17.2. The number of aryl methyl sites for hydroxylation is 1. The van der Waals surface area contributed by atoms with Crippen molar-refractivity contribution in [1.82, 2.24) is 10.2 Å². The van der Waals surface area contributed by atoms with E-state index in [4.69, 9.17) is 13.9 Å². The highest BCUT2D eigenvalue weighted by atomic mass is 16.5. The molecule has 2 aromatic rings. The van der Waals surface area contributed by atoms with Gasteiger partial charge in [0.05, 0.1) is 32.0 Å². The second kappa shape index (κ2) is 9.49. The van der Waals surface area contributed by atoms with Gasteiger partial charge in [-0.3, -0.25) is 9.59 Å². The molecule has 1 atom stereocenters. The van der Waals surface area contributed by atoms with Crippen molar-refractivity contribution >= 4 is 11.8 Å². The summed E-state index contributed by atoms with van der Waals surface area (Å²) in [5.74, 6) is 1.69. The third kappa shape index (κ3) is 4.91. The van der Waals surface area contributed by atoms with Gasteiger partial charge in [-0.05, 0) is 49.9 Å². The van der Waals surface area contributed by atoms with Crippen LogP contribution < -0.4 is 14.8 Å². The summed E-state index contributed by atoms with van der Waals surface area (Å²) in [6, 6.07) is 7.42. The molecule has 3 rings (SSSR count). The van der Waals surface area contributed by atoms with E-state index in [1.165, 1.54) is 6.26 Å². The van der Waals surface area contributed by atoms with Crippen molar-refractivity contribution in [3.8, 4) is 11.5 Å². The van der Waals surface area contributed by atoms with E-state index in [0.29, 0.717) is 48.9 Å². The van der Waals surface area contributed by atoms with Crippen molar-refractivity contribution in [2.75, 3.05) is 33.9 Å². The summed E-state index contributed by atoms with van der Waals surface area (Å²) in [5, 5.41) is 3.01. The normalized spacial score (nSPS) is 16.4. The standard InChI is InChI=1S/C22H28N2O5/c1-15-18(9-12-29-15)22(26)24-11-4-5-17(14-24)21(25)23-10-8-16-6-7-19(27-2)20(13-16)28-3/h6-7,9,12-13,17H,4-5,8,10-11,14H2,1-3H3,(H,23,25)/t17-/m1/s1. The molecule has 29 heavy (non-hydrogen) atoms. The molecule has 0 bridgehead atoms. The molecule has 0 unspecified atom stereocenters. The van der Waals surface area contributed by atoms with Gasteiger partial charge in [-0.15, -0.1) is 0 Å². The fourth-order valence-electron chi connectivity index (χ4n) is 3.66. The summed E-state index contributed by atoms with van der Waals surface area (Å²) in [7, 11) is 3.20. The Kier molecular flexibility index (Phi) is 6.80. The summed E-state index contributed by atoms with van der Waals surface area (Å²) < 4.78 is 15.8. The summed E-state index contributed by atoms with van der Waals surface area (Å²) in [4.78, 5) is 27.0. The fourth-order valence-corrected chi connectivity index (χ4v) is 3.66. The van der Waals surface area contributed by atoms with E-state index in [1.807, 2.05) is 18.2 Å². The van der Waals surface area contributed by atoms with Crippen LogP contribution in [0.1, 0.15) is 34.5 Å². The second-order valence-electron chi connectivity index (χ2n) is 7.21. The Morgan fingerprint density at radius 3 is 2.69 bits per heavy atom. The molecule has 1 aromatic carbocycles. The third-order valence-electron chi connectivity index (χ3n) is 5.33.